The first kappa shape index (κ1) is 22.3. The number of amides is 3. The zero-order valence-electron chi connectivity index (χ0n) is 17.7. The summed E-state index contributed by atoms with van der Waals surface area (Å²) < 4.78 is 5.77. The van der Waals surface area contributed by atoms with Crippen molar-refractivity contribution in [2.45, 2.75) is 13.5 Å². The molecule has 1 heterocycles. The number of piperazine rings is 1. The van der Waals surface area contributed by atoms with Crippen LogP contribution >= 0.6 is 0 Å². The molecule has 31 heavy (non-hydrogen) atoms. The van der Waals surface area contributed by atoms with Gasteiger partial charge in [0.2, 0.25) is 5.91 Å². The quantitative estimate of drug-likeness (QED) is 0.664. The molecule has 0 aromatic heterocycles. The van der Waals surface area contributed by atoms with Gasteiger partial charge in [0.05, 0.1) is 12.1 Å². The monoisotopic (exact) mass is 424 g/mol. The third-order valence-corrected chi connectivity index (χ3v) is 5.12. The number of nitrogens with two attached hydrogens (primary N) is 1. The SMILES string of the molecule is CCNC(=O)CN1CCN(C(=O)c2cccc(COc3ccccc3C(N)=O)c2)CC1. The largest absolute Gasteiger partial charge is 0.488 e. The number of carbonyl (C=O) groups is 3. The second-order valence-corrected chi connectivity index (χ2v) is 7.37. The van der Waals surface area contributed by atoms with Crippen molar-refractivity contribution in [1.82, 2.24) is 15.1 Å². The molecule has 1 aliphatic rings. The van der Waals surface area contributed by atoms with Crippen LogP contribution in [0.4, 0.5) is 0 Å². The van der Waals surface area contributed by atoms with Gasteiger partial charge in [-0.2, -0.15) is 0 Å². The fourth-order valence-electron chi connectivity index (χ4n) is 3.50. The molecule has 8 nitrogen and oxygen atoms in total. The van der Waals surface area contributed by atoms with Gasteiger partial charge in [-0.25, -0.2) is 0 Å². The number of carbonyl (C=O) groups excluding carboxylic acids is 3. The smallest absolute Gasteiger partial charge is 0.253 e. The summed E-state index contributed by atoms with van der Waals surface area (Å²) in [4.78, 5) is 40.1. The molecule has 3 amide bonds. The number of nitrogens with one attached hydrogen (secondary N) is 1. The number of primary amides is 1. The van der Waals surface area contributed by atoms with Crippen molar-refractivity contribution in [2.24, 2.45) is 5.73 Å². The molecule has 0 radical (unpaired) electrons. The van der Waals surface area contributed by atoms with Crippen LogP contribution in [0.25, 0.3) is 0 Å². The Morgan fingerprint density at radius 2 is 1.77 bits per heavy atom. The van der Waals surface area contributed by atoms with Gasteiger partial charge in [-0.3, -0.25) is 19.3 Å². The molecule has 0 atom stereocenters. The average Bonchev–Trinajstić information content (AvgIpc) is 2.78. The molecular weight excluding hydrogens is 396 g/mol. The minimum atomic E-state index is -0.550. The third-order valence-electron chi connectivity index (χ3n) is 5.12. The second kappa shape index (κ2) is 10.6. The van der Waals surface area contributed by atoms with Crippen LogP contribution in [0.15, 0.2) is 48.5 Å². The summed E-state index contributed by atoms with van der Waals surface area (Å²) in [6.45, 7) is 5.55. The maximum atomic E-state index is 12.9. The molecule has 1 saturated heterocycles. The molecule has 3 N–H and O–H groups in total. The molecule has 1 fully saturated rings. The molecule has 164 valence electrons. The van der Waals surface area contributed by atoms with E-state index in [-0.39, 0.29) is 18.4 Å². The maximum Gasteiger partial charge on any atom is 0.253 e. The van der Waals surface area contributed by atoms with Gasteiger partial charge in [0, 0.05) is 38.3 Å². The summed E-state index contributed by atoms with van der Waals surface area (Å²) in [6, 6.07) is 14.1. The van der Waals surface area contributed by atoms with Crippen molar-refractivity contribution < 1.29 is 19.1 Å². The van der Waals surface area contributed by atoms with Crippen molar-refractivity contribution in [3.8, 4) is 5.75 Å². The van der Waals surface area contributed by atoms with Crippen LogP contribution in [-0.2, 0) is 11.4 Å². The van der Waals surface area contributed by atoms with Gasteiger partial charge >= 0.3 is 0 Å². The van der Waals surface area contributed by atoms with E-state index in [4.69, 9.17) is 10.5 Å². The fraction of sp³-hybridized carbons (Fsp3) is 0.348. The lowest BCUT2D eigenvalue weighted by atomic mass is 10.1. The van der Waals surface area contributed by atoms with Crippen molar-refractivity contribution in [3.05, 3.63) is 65.2 Å². The Kier molecular flexibility index (Phi) is 7.61. The Labute approximate surface area is 182 Å². The first-order valence-corrected chi connectivity index (χ1v) is 10.4. The molecule has 3 rings (SSSR count). The van der Waals surface area contributed by atoms with Gasteiger partial charge < -0.3 is 20.7 Å². The molecule has 0 spiro atoms. The van der Waals surface area contributed by atoms with Gasteiger partial charge in [-0.05, 0) is 36.8 Å². The Balaban J connectivity index is 1.57. The minimum absolute atomic E-state index is 0.00730. The van der Waals surface area contributed by atoms with Gasteiger partial charge in [-0.1, -0.05) is 24.3 Å². The second-order valence-electron chi connectivity index (χ2n) is 7.37. The number of hydrogen-bond donors (Lipinski definition) is 2. The maximum absolute atomic E-state index is 12.9. The minimum Gasteiger partial charge on any atom is -0.488 e. The van der Waals surface area contributed by atoms with E-state index in [9.17, 15) is 14.4 Å². The van der Waals surface area contributed by atoms with Crippen LogP contribution in [0.2, 0.25) is 0 Å². The van der Waals surface area contributed by atoms with E-state index < -0.39 is 5.91 Å². The number of ether oxygens (including phenoxy) is 1. The van der Waals surface area contributed by atoms with Gasteiger partial charge in [0.1, 0.15) is 12.4 Å². The van der Waals surface area contributed by atoms with E-state index in [1.807, 2.05) is 19.1 Å². The third kappa shape index (κ3) is 6.05. The summed E-state index contributed by atoms with van der Waals surface area (Å²) in [7, 11) is 0. The zero-order valence-corrected chi connectivity index (χ0v) is 17.7. The molecule has 8 heteroatoms. The van der Waals surface area contributed by atoms with E-state index in [1.54, 1.807) is 41.3 Å². The predicted octanol–water partition coefficient (Wildman–Crippen LogP) is 1.26. The summed E-state index contributed by atoms with van der Waals surface area (Å²) >= 11 is 0. The van der Waals surface area contributed by atoms with Crippen molar-refractivity contribution in [1.29, 1.82) is 0 Å². The highest BCUT2D eigenvalue weighted by Crippen LogP contribution is 2.19. The lowest BCUT2D eigenvalue weighted by Gasteiger charge is -2.34. The molecule has 2 aromatic carbocycles. The molecule has 0 saturated carbocycles. The van der Waals surface area contributed by atoms with Gasteiger partial charge in [0.25, 0.3) is 11.8 Å². The summed E-state index contributed by atoms with van der Waals surface area (Å²) in [5, 5.41) is 2.79. The molecule has 0 aliphatic carbocycles. The number of rotatable bonds is 8. The van der Waals surface area contributed by atoms with Crippen LogP contribution in [0.3, 0.4) is 0 Å². The Morgan fingerprint density at radius 3 is 2.48 bits per heavy atom. The summed E-state index contributed by atoms with van der Waals surface area (Å²) in [5.41, 5.74) is 7.11. The number of para-hydroxylation sites is 1. The first-order valence-electron chi connectivity index (χ1n) is 10.4. The number of likely N-dealkylation sites (N-methyl/N-ethyl adjacent to an activating group) is 1. The Morgan fingerprint density at radius 1 is 1.03 bits per heavy atom. The Bertz CT molecular complexity index is 939. The van der Waals surface area contributed by atoms with Crippen LogP contribution in [0, 0.1) is 0 Å². The molecule has 2 aromatic rings. The van der Waals surface area contributed by atoms with E-state index in [0.29, 0.717) is 56.1 Å². The average molecular weight is 425 g/mol. The van der Waals surface area contributed by atoms with Crippen LogP contribution in [0.1, 0.15) is 33.2 Å². The van der Waals surface area contributed by atoms with Crippen LogP contribution in [-0.4, -0.2) is 66.8 Å². The van der Waals surface area contributed by atoms with Crippen LogP contribution < -0.4 is 15.8 Å². The summed E-state index contributed by atoms with van der Waals surface area (Å²) in [5.74, 6) is -0.175. The highest BCUT2D eigenvalue weighted by Gasteiger charge is 2.23. The number of nitrogens with zero attached hydrogens (tertiary/aromatic N) is 2. The van der Waals surface area contributed by atoms with E-state index in [0.717, 1.165) is 5.56 Å². The predicted molar refractivity (Wildman–Crippen MR) is 117 cm³/mol. The number of hydrogen-bond acceptors (Lipinski definition) is 5. The standard InChI is InChI=1S/C23H28N4O4/c1-2-25-21(28)15-26-10-12-27(13-11-26)23(30)18-7-5-6-17(14-18)16-31-20-9-4-3-8-19(20)22(24)29/h3-9,14H,2,10-13,15-16H2,1H3,(H2,24,29)(H,25,28). The lowest BCUT2D eigenvalue weighted by Crippen LogP contribution is -2.51. The topological polar surface area (TPSA) is 105 Å². The van der Waals surface area contributed by atoms with E-state index in [1.165, 1.54) is 0 Å². The van der Waals surface area contributed by atoms with Crippen molar-refractivity contribution >= 4 is 17.7 Å². The van der Waals surface area contributed by atoms with Crippen molar-refractivity contribution in [3.63, 3.8) is 0 Å². The Hall–Kier alpha value is -3.39. The summed E-state index contributed by atoms with van der Waals surface area (Å²) in [6.07, 6.45) is 0. The van der Waals surface area contributed by atoms with Gasteiger partial charge in [-0.15, -0.1) is 0 Å². The molecule has 0 bridgehead atoms. The molecule has 0 unspecified atom stereocenters. The van der Waals surface area contributed by atoms with E-state index >= 15 is 0 Å². The molecule has 1 aliphatic heterocycles. The van der Waals surface area contributed by atoms with Crippen LogP contribution in [0.5, 0.6) is 5.75 Å². The first-order chi connectivity index (χ1) is 15.0. The number of benzene rings is 2. The molecular formula is C23H28N4O4. The van der Waals surface area contributed by atoms with E-state index in [2.05, 4.69) is 10.2 Å². The zero-order chi connectivity index (χ0) is 22.2. The van der Waals surface area contributed by atoms with Gasteiger partial charge in [0.15, 0.2) is 0 Å². The normalized spacial score (nSPS) is 14.2. The lowest BCUT2D eigenvalue weighted by molar-refractivity contribution is -0.122. The fourth-order valence-corrected chi connectivity index (χ4v) is 3.50. The van der Waals surface area contributed by atoms with Crippen molar-refractivity contribution in [2.75, 3.05) is 39.3 Å². The highest BCUT2D eigenvalue weighted by atomic mass is 16.5. The highest BCUT2D eigenvalue weighted by molar-refractivity contribution is 5.95.